The molecule has 5 nitrogen and oxygen atoms in total. The second kappa shape index (κ2) is 7.66. The van der Waals surface area contributed by atoms with Gasteiger partial charge in [0.15, 0.2) is 5.96 Å². The van der Waals surface area contributed by atoms with Crippen molar-refractivity contribution in [1.82, 2.24) is 15.6 Å². The molecule has 1 aromatic heterocycles. The van der Waals surface area contributed by atoms with Gasteiger partial charge in [0.2, 0.25) is 0 Å². The summed E-state index contributed by atoms with van der Waals surface area (Å²) in [6.45, 7) is 5.19. The average Bonchev–Trinajstić information content (AvgIpc) is 3.39. The van der Waals surface area contributed by atoms with Gasteiger partial charge in [-0.3, -0.25) is 4.99 Å². The summed E-state index contributed by atoms with van der Waals surface area (Å²) in [6, 6.07) is 6.75. The van der Waals surface area contributed by atoms with Crippen molar-refractivity contribution in [2.24, 2.45) is 10.9 Å². The van der Waals surface area contributed by atoms with Gasteiger partial charge in [-0.1, -0.05) is 18.9 Å². The number of nitrogens with zero attached hydrogens (tertiary/aromatic N) is 3. The van der Waals surface area contributed by atoms with Crippen LogP contribution >= 0.6 is 0 Å². The minimum atomic E-state index is 0.503. The van der Waals surface area contributed by atoms with Crippen molar-refractivity contribution in [3.63, 3.8) is 0 Å². The van der Waals surface area contributed by atoms with Crippen molar-refractivity contribution in [1.29, 1.82) is 0 Å². The van der Waals surface area contributed by atoms with E-state index in [4.69, 9.17) is 0 Å². The molecule has 3 rings (SSSR count). The molecule has 0 radical (unpaired) electrons. The molecule has 0 atom stereocenters. The highest BCUT2D eigenvalue weighted by Gasteiger charge is 2.22. The zero-order chi connectivity index (χ0) is 16.1. The summed E-state index contributed by atoms with van der Waals surface area (Å²) < 4.78 is 0. The van der Waals surface area contributed by atoms with Gasteiger partial charge in [0.1, 0.15) is 5.82 Å². The standard InChI is InChI=1S/C18H29N5/c1-14-4-3-5-17(21-14)23-12-9-16(10-13-23)22-18(19-2)20-11-8-15-6-7-15/h3-5,15-16H,6-13H2,1-2H3,(H2,19,20,22). The van der Waals surface area contributed by atoms with Gasteiger partial charge in [-0.15, -0.1) is 0 Å². The fourth-order valence-electron chi connectivity index (χ4n) is 3.15. The van der Waals surface area contributed by atoms with Gasteiger partial charge in [0.05, 0.1) is 0 Å². The van der Waals surface area contributed by atoms with Crippen molar-refractivity contribution in [2.45, 2.75) is 45.1 Å². The minimum absolute atomic E-state index is 0.503. The van der Waals surface area contributed by atoms with Crippen LogP contribution < -0.4 is 15.5 Å². The van der Waals surface area contributed by atoms with Crippen LogP contribution in [0.1, 0.15) is 37.8 Å². The molecule has 23 heavy (non-hydrogen) atoms. The first kappa shape index (κ1) is 16.1. The van der Waals surface area contributed by atoms with E-state index >= 15 is 0 Å². The third-order valence-corrected chi connectivity index (χ3v) is 4.80. The lowest BCUT2D eigenvalue weighted by Gasteiger charge is -2.34. The molecule has 2 aliphatic rings. The molecule has 0 aromatic carbocycles. The van der Waals surface area contributed by atoms with Gasteiger partial charge in [-0.25, -0.2) is 4.98 Å². The third kappa shape index (κ3) is 4.85. The monoisotopic (exact) mass is 315 g/mol. The molecular formula is C18H29N5. The first-order valence-electron chi connectivity index (χ1n) is 8.90. The van der Waals surface area contributed by atoms with E-state index < -0.39 is 0 Å². The molecular weight excluding hydrogens is 286 g/mol. The van der Waals surface area contributed by atoms with Gasteiger partial charge in [0.25, 0.3) is 0 Å². The Morgan fingerprint density at radius 2 is 2.04 bits per heavy atom. The van der Waals surface area contributed by atoms with E-state index in [9.17, 15) is 0 Å². The summed E-state index contributed by atoms with van der Waals surface area (Å²) in [7, 11) is 1.86. The molecule has 0 spiro atoms. The predicted molar refractivity (Wildman–Crippen MR) is 96.0 cm³/mol. The van der Waals surface area contributed by atoms with Crippen LogP contribution in [0.4, 0.5) is 5.82 Å². The molecule has 126 valence electrons. The van der Waals surface area contributed by atoms with Gasteiger partial charge in [-0.05, 0) is 44.2 Å². The Morgan fingerprint density at radius 3 is 2.70 bits per heavy atom. The molecule has 0 bridgehead atoms. The van der Waals surface area contributed by atoms with Crippen LogP contribution in [0, 0.1) is 12.8 Å². The first-order valence-corrected chi connectivity index (χ1v) is 8.90. The molecule has 5 heteroatoms. The van der Waals surface area contributed by atoms with Gasteiger partial charge < -0.3 is 15.5 Å². The van der Waals surface area contributed by atoms with Crippen LogP contribution in [-0.2, 0) is 0 Å². The van der Waals surface area contributed by atoms with Crippen molar-refractivity contribution in [2.75, 3.05) is 31.6 Å². The van der Waals surface area contributed by atoms with Gasteiger partial charge in [0, 0.05) is 38.4 Å². The first-order chi connectivity index (χ1) is 11.2. The fraction of sp³-hybridized carbons (Fsp3) is 0.667. The number of hydrogen-bond donors (Lipinski definition) is 2. The molecule has 0 unspecified atom stereocenters. The number of piperidine rings is 1. The maximum absolute atomic E-state index is 4.63. The van der Waals surface area contributed by atoms with Crippen LogP contribution in [0.15, 0.2) is 23.2 Å². The van der Waals surface area contributed by atoms with E-state index in [2.05, 4.69) is 50.6 Å². The van der Waals surface area contributed by atoms with Crippen LogP contribution in [0.25, 0.3) is 0 Å². The smallest absolute Gasteiger partial charge is 0.191 e. The quantitative estimate of drug-likeness (QED) is 0.647. The Morgan fingerprint density at radius 1 is 1.26 bits per heavy atom. The maximum atomic E-state index is 4.63. The molecule has 1 aromatic rings. The Bertz CT molecular complexity index is 530. The number of nitrogens with one attached hydrogen (secondary N) is 2. The van der Waals surface area contributed by atoms with E-state index in [1.807, 2.05) is 7.05 Å². The van der Waals surface area contributed by atoms with E-state index in [0.29, 0.717) is 6.04 Å². The lowest BCUT2D eigenvalue weighted by atomic mass is 10.1. The SMILES string of the molecule is CN=C(NCCC1CC1)NC1CCN(c2cccc(C)n2)CC1. The number of aryl methyl sites for hydroxylation is 1. The van der Waals surface area contributed by atoms with E-state index in [-0.39, 0.29) is 0 Å². The van der Waals surface area contributed by atoms with Gasteiger partial charge >= 0.3 is 0 Å². The molecule has 1 saturated carbocycles. The van der Waals surface area contributed by atoms with Crippen molar-refractivity contribution in [3.8, 4) is 0 Å². The molecule has 2 heterocycles. The Balaban J connectivity index is 1.42. The Kier molecular flexibility index (Phi) is 5.36. The normalized spacial score (nSPS) is 19.7. The van der Waals surface area contributed by atoms with Crippen LogP contribution in [0.3, 0.4) is 0 Å². The number of guanidine groups is 1. The van der Waals surface area contributed by atoms with E-state index in [1.165, 1.54) is 19.3 Å². The van der Waals surface area contributed by atoms with Crippen LogP contribution in [0.5, 0.6) is 0 Å². The van der Waals surface area contributed by atoms with E-state index in [0.717, 1.165) is 55.9 Å². The number of rotatable bonds is 5. The third-order valence-electron chi connectivity index (χ3n) is 4.80. The topological polar surface area (TPSA) is 52.6 Å². The lowest BCUT2D eigenvalue weighted by molar-refractivity contribution is 0.459. The number of anilines is 1. The summed E-state index contributed by atoms with van der Waals surface area (Å²) in [6.07, 6.45) is 6.36. The largest absolute Gasteiger partial charge is 0.356 e. The van der Waals surface area contributed by atoms with Gasteiger partial charge in [-0.2, -0.15) is 0 Å². The van der Waals surface area contributed by atoms with Crippen LogP contribution in [0.2, 0.25) is 0 Å². The Hall–Kier alpha value is -1.78. The Labute approximate surface area is 139 Å². The highest BCUT2D eigenvalue weighted by molar-refractivity contribution is 5.79. The minimum Gasteiger partial charge on any atom is -0.356 e. The number of hydrogen-bond acceptors (Lipinski definition) is 3. The van der Waals surface area contributed by atoms with Crippen molar-refractivity contribution >= 4 is 11.8 Å². The molecule has 1 aliphatic carbocycles. The van der Waals surface area contributed by atoms with Crippen molar-refractivity contribution in [3.05, 3.63) is 23.9 Å². The zero-order valence-corrected chi connectivity index (χ0v) is 14.4. The second-order valence-corrected chi connectivity index (χ2v) is 6.77. The molecule has 2 fully saturated rings. The molecule has 1 aliphatic heterocycles. The van der Waals surface area contributed by atoms with Crippen LogP contribution in [-0.4, -0.2) is 43.7 Å². The van der Waals surface area contributed by atoms with E-state index in [1.54, 1.807) is 0 Å². The fourth-order valence-corrected chi connectivity index (χ4v) is 3.15. The molecule has 2 N–H and O–H groups in total. The number of aliphatic imine (C=N–C) groups is 1. The summed E-state index contributed by atoms with van der Waals surface area (Å²) in [5, 5.41) is 7.03. The summed E-state index contributed by atoms with van der Waals surface area (Å²) in [5.41, 5.74) is 1.09. The molecule has 1 saturated heterocycles. The summed E-state index contributed by atoms with van der Waals surface area (Å²) in [5.74, 6) is 3.03. The lowest BCUT2D eigenvalue weighted by Crippen LogP contribution is -2.49. The zero-order valence-electron chi connectivity index (χ0n) is 14.4. The molecule has 0 amide bonds. The number of pyridine rings is 1. The van der Waals surface area contributed by atoms with Crippen molar-refractivity contribution < 1.29 is 0 Å². The summed E-state index contributed by atoms with van der Waals surface area (Å²) in [4.78, 5) is 11.4. The summed E-state index contributed by atoms with van der Waals surface area (Å²) >= 11 is 0. The maximum Gasteiger partial charge on any atom is 0.191 e. The number of aromatic nitrogens is 1. The average molecular weight is 315 g/mol. The second-order valence-electron chi connectivity index (χ2n) is 6.77. The highest BCUT2D eigenvalue weighted by Crippen LogP contribution is 2.31. The highest BCUT2D eigenvalue weighted by atomic mass is 15.2. The predicted octanol–water partition coefficient (Wildman–Crippen LogP) is 2.32.